The number of aromatic nitrogens is 1. The van der Waals surface area contributed by atoms with Gasteiger partial charge in [0.05, 0.1) is 0 Å². The van der Waals surface area contributed by atoms with Gasteiger partial charge in [-0.15, -0.1) is 0 Å². The molecule has 0 radical (unpaired) electrons. The molecular formula is C16H18N2O4. The Morgan fingerprint density at radius 1 is 1.18 bits per heavy atom. The second kappa shape index (κ2) is 6.43. The van der Waals surface area contributed by atoms with Gasteiger partial charge in [0, 0.05) is 29.6 Å². The number of amides is 1. The smallest absolute Gasteiger partial charge is 0.329 e. The summed E-state index contributed by atoms with van der Waals surface area (Å²) in [6.07, 6.45) is 0.678. The quantitative estimate of drug-likeness (QED) is 0.651. The van der Waals surface area contributed by atoms with Gasteiger partial charge < -0.3 is 15.0 Å². The Balaban J connectivity index is 2.09. The lowest BCUT2D eigenvalue weighted by molar-refractivity contribution is -0.149. The van der Waals surface area contributed by atoms with E-state index in [1.54, 1.807) is 6.20 Å². The molecule has 0 aliphatic carbocycles. The van der Waals surface area contributed by atoms with Gasteiger partial charge in [0.15, 0.2) is 6.10 Å². The van der Waals surface area contributed by atoms with Crippen LogP contribution in [-0.2, 0) is 14.3 Å². The van der Waals surface area contributed by atoms with E-state index in [0.29, 0.717) is 5.56 Å². The molecule has 1 aromatic heterocycles. The zero-order valence-corrected chi connectivity index (χ0v) is 12.7. The van der Waals surface area contributed by atoms with E-state index in [2.05, 4.69) is 10.3 Å². The molecule has 2 unspecified atom stereocenters. The van der Waals surface area contributed by atoms with E-state index in [4.69, 9.17) is 4.74 Å². The molecule has 0 saturated heterocycles. The largest absolute Gasteiger partial charge is 0.453 e. The number of carbonyl (C=O) groups excluding carboxylic acids is 3. The first kappa shape index (κ1) is 15.8. The van der Waals surface area contributed by atoms with Gasteiger partial charge in [0.25, 0.3) is 0 Å². The Kier molecular flexibility index (Phi) is 4.60. The van der Waals surface area contributed by atoms with Crippen molar-refractivity contribution in [2.45, 2.75) is 32.9 Å². The lowest BCUT2D eigenvalue weighted by Gasteiger charge is -2.16. The Bertz CT molecular complexity index is 720. The lowest BCUT2D eigenvalue weighted by Crippen LogP contribution is -2.40. The average molecular weight is 302 g/mol. The average Bonchev–Trinajstić information content (AvgIpc) is 2.89. The molecule has 1 amide bonds. The van der Waals surface area contributed by atoms with Crippen molar-refractivity contribution < 1.29 is 19.1 Å². The summed E-state index contributed by atoms with van der Waals surface area (Å²) in [6.45, 7) is 4.33. The molecule has 116 valence electrons. The number of ether oxygens (including phenoxy) is 1. The number of ketones is 1. The van der Waals surface area contributed by atoms with Crippen LogP contribution in [0.3, 0.4) is 0 Å². The van der Waals surface area contributed by atoms with E-state index in [0.717, 1.165) is 10.9 Å². The molecule has 0 fully saturated rings. The maximum atomic E-state index is 12.4. The molecule has 6 nitrogen and oxygen atoms in total. The molecule has 2 N–H and O–H groups in total. The van der Waals surface area contributed by atoms with Crippen molar-refractivity contribution in [2.75, 3.05) is 0 Å². The minimum atomic E-state index is -0.928. The highest BCUT2D eigenvalue weighted by atomic mass is 16.5. The SMILES string of the molecule is CC(=O)NC(C)C(=O)OC(C)C(=O)c1c[nH]c2ccccc12. The van der Waals surface area contributed by atoms with Crippen LogP contribution in [0.1, 0.15) is 31.1 Å². The molecule has 2 atom stereocenters. The molecule has 2 aromatic rings. The van der Waals surface area contributed by atoms with Crippen molar-refractivity contribution in [1.29, 1.82) is 0 Å². The monoisotopic (exact) mass is 302 g/mol. The number of carbonyl (C=O) groups is 3. The molecule has 0 aliphatic rings. The van der Waals surface area contributed by atoms with Gasteiger partial charge in [-0.1, -0.05) is 18.2 Å². The number of hydrogen-bond acceptors (Lipinski definition) is 4. The van der Waals surface area contributed by atoms with Gasteiger partial charge in [-0.05, 0) is 19.9 Å². The molecule has 0 saturated carbocycles. The van der Waals surface area contributed by atoms with E-state index < -0.39 is 18.1 Å². The number of rotatable bonds is 5. The van der Waals surface area contributed by atoms with Crippen LogP contribution in [0, 0.1) is 0 Å². The minimum Gasteiger partial charge on any atom is -0.453 e. The topological polar surface area (TPSA) is 88.3 Å². The molecular weight excluding hydrogens is 284 g/mol. The number of nitrogens with one attached hydrogen (secondary N) is 2. The third kappa shape index (κ3) is 3.33. The summed E-state index contributed by atoms with van der Waals surface area (Å²) < 4.78 is 5.13. The molecule has 0 aliphatic heterocycles. The highest BCUT2D eigenvalue weighted by Gasteiger charge is 2.24. The van der Waals surface area contributed by atoms with Crippen LogP contribution in [0.5, 0.6) is 0 Å². The van der Waals surface area contributed by atoms with Gasteiger partial charge in [-0.25, -0.2) is 4.79 Å². The van der Waals surface area contributed by atoms with Crippen molar-refractivity contribution in [3.05, 3.63) is 36.0 Å². The first-order chi connectivity index (χ1) is 10.4. The highest BCUT2D eigenvalue weighted by Crippen LogP contribution is 2.20. The third-order valence-electron chi connectivity index (χ3n) is 3.29. The number of hydrogen-bond donors (Lipinski definition) is 2. The maximum Gasteiger partial charge on any atom is 0.329 e. The van der Waals surface area contributed by atoms with Crippen LogP contribution in [0.4, 0.5) is 0 Å². The van der Waals surface area contributed by atoms with Crippen molar-refractivity contribution in [3.63, 3.8) is 0 Å². The first-order valence-electron chi connectivity index (χ1n) is 6.98. The van der Waals surface area contributed by atoms with Gasteiger partial charge in [-0.2, -0.15) is 0 Å². The second-order valence-corrected chi connectivity index (χ2v) is 5.11. The van der Waals surface area contributed by atoms with Crippen LogP contribution in [0.15, 0.2) is 30.5 Å². The number of benzene rings is 1. The fourth-order valence-electron chi connectivity index (χ4n) is 2.19. The Morgan fingerprint density at radius 3 is 2.55 bits per heavy atom. The first-order valence-corrected chi connectivity index (χ1v) is 6.98. The number of esters is 1. The number of Topliss-reactive ketones (excluding diaryl/α,β-unsaturated/α-hetero) is 1. The molecule has 2 rings (SSSR count). The normalized spacial score (nSPS) is 13.4. The molecule has 1 aromatic carbocycles. The predicted octanol–water partition coefficient (Wildman–Crippen LogP) is 1.81. The van der Waals surface area contributed by atoms with E-state index in [1.165, 1.54) is 20.8 Å². The summed E-state index contributed by atoms with van der Waals surface area (Å²) in [7, 11) is 0. The molecule has 22 heavy (non-hydrogen) atoms. The summed E-state index contributed by atoms with van der Waals surface area (Å²) in [5.74, 6) is -1.27. The second-order valence-electron chi connectivity index (χ2n) is 5.11. The van der Waals surface area contributed by atoms with Crippen molar-refractivity contribution in [3.8, 4) is 0 Å². The fourth-order valence-corrected chi connectivity index (χ4v) is 2.19. The molecule has 1 heterocycles. The molecule has 6 heteroatoms. The summed E-state index contributed by atoms with van der Waals surface area (Å²) in [4.78, 5) is 38.2. The number of para-hydroxylation sites is 1. The van der Waals surface area contributed by atoms with Gasteiger partial charge >= 0.3 is 5.97 Å². The minimum absolute atomic E-state index is 0.291. The summed E-state index contributed by atoms with van der Waals surface area (Å²) >= 11 is 0. The highest BCUT2D eigenvalue weighted by molar-refractivity contribution is 6.10. The van der Waals surface area contributed by atoms with Crippen LogP contribution in [0.2, 0.25) is 0 Å². The van der Waals surface area contributed by atoms with Crippen molar-refractivity contribution in [2.24, 2.45) is 0 Å². The van der Waals surface area contributed by atoms with Crippen LogP contribution in [0.25, 0.3) is 10.9 Å². The number of fused-ring (bicyclic) bond motifs is 1. The van der Waals surface area contributed by atoms with Crippen LogP contribution >= 0.6 is 0 Å². The van der Waals surface area contributed by atoms with Gasteiger partial charge in [-0.3, -0.25) is 9.59 Å². The molecule has 0 spiro atoms. The van der Waals surface area contributed by atoms with E-state index in [9.17, 15) is 14.4 Å². The van der Waals surface area contributed by atoms with Crippen LogP contribution in [-0.4, -0.2) is 34.8 Å². The number of H-pyrrole nitrogens is 1. The number of aromatic amines is 1. The molecule has 0 bridgehead atoms. The van der Waals surface area contributed by atoms with Gasteiger partial charge in [0.1, 0.15) is 6.04 Å². The van der Waals surface area contributed by atoms with E-state index in [-0.39, 0.29) is 11.7 Å². The van der Waals surface area contributed by atoms with Crippen LogP contribution < -0.4 is 5.32 Å². The summed E-state index contributed by atoms with van der Waals surface area (Å²) in [5.41, 5.74) is 1.32. The van der Waals surface area contributed by atoms with E-state index >= 15 is 0 Å². The zero-order valence-electron chi connectivity index (χ0n) is 12.7. The standard InChI is InChI=1S/C16H18N2O4/c1-9(18-11(3)19)16(21)22-10(2)15(20)13-8-17-14-7-5-4-6-12(13)14/h4-10,17H,1-3H3,(H,18,19). The maximum absolute atomic E-state index is 12.4. The third-order valence-corrected chi connectivity index (χ3v) is 3.29. The fraction of sp³-hybridized carbons (Fsp3) is 0.312. The summed E-state index contributed by atoms with van der Waals surface area (Å²) in [6, 6.07) is 6.60. The van der Waals surface area contributed by atoms with E-state index in [1.807, 2.05) is 24.3 Å². The lowest BCUT2D eigenvalue weighted by atomic mass is 10.1. The predicted molar refractivity (Wildman–Crippen MR) is 81.5 cm³/mol. The Morgan fingerprint density at radius 2 is 1.86 bits per heavy atom. The zero-order chi connectivity index (χ0) is 16.3. The Hall–Kier alpha value is -2.63. The summed E-state index contributed by atoms with van der Waals surface area (Å²) in [5, 5.41) is 3.20. The van der Waals surface area contributed by atoms with Crippen molar-refractivity contribution in [1.82, 2.24) is 10.3 Å². The van der Waals surface area contributed by atoms with Gasteiger partial charge in [0.2, 0.25) is 11.7 Å². The Labute approximate surface area is 127 Å². The van der Waals surface area contributed by atoms with Crippen molar-refractivity contribution >= 4 is 28.6 Å².